The van der Waals surface area contributed by atoms with E-state index >= 15 is 0 Å². The minimum atomic E-state index is -0.0724. The zero-order chi connectivity index (χ0) is 18.8. The van der Waals surface area contributed by atoms with Gasteiger partial charge in [-0.3, -0.25) is 0 Å². The summed E-state index contributed by atoms with van der Waals surface area (Å²) in [6.45, 7) is 12.8. The van der Waals surface area contributed by atoms with E-state index in [1.807, 2.05) is 25.1 Å². The first-order valence-electron chi connectivity index (χ1n) is 9.34. The summed E-state index contributed by atoms with van der Waals surface area (Å²) in [6.07, 6.45) is 3.30. The first kappa shape index (κ1) is 19.4. The molecule has 0 saturated carbocycles. The van der Waals surface area contributed by atoms with Gasteiger partial charge in [0.2, 0.25) is 0 Å². The van der Waals surface area contributed by atoms with E-state index in [4.69, 9.17) is 0 Å². The van der Waals surface area contributed by atoms with E-state index in [0.29, 0.717) is 11.5 Å². The Hall–Kier alpha value is -1.96. The molecule has 2 aromatic carbocycles. The van der Waals surface area contributed by atoms with Gasteiger partial charge in [0.05, 0.1) is 5.56 Å². The maximum Gasteiger partial charge on any atom is 0.127 e. The molecule has 0 amide bonds. The van der Waals surface area contributed by atoms with Gasteiger partial charge < -0.3 is 10.2 Å². The van der Waals surface area contributed by atoms with Crippen LogP contribution in [0.1, 0.15) is 76.5 Å². The third-order valence-electron chi connectivity index (χ3n) is 5.13. The quantitative estimate of drug-likeness (QED) is 0.617. The van der Waals surface area contributed by atoms with Crippen LogP contribution < -0.4 is 0 Å². The number of phenolic OH excluding ortho intramolecular Hbond substituents is 2. The van der Waals surface area contributed by atoms with E-state index in [1.54, 1.807) is 0 Å². The summed E-state index contributed by atoms with van der Waals surface area (Å²) in [5.41, 5.74) is 4.63. The van der Waals surface area contributed by atoms with Gasteiger partial charge in [-0.15, -0.1) is 0 Å². The van der Waals surface area contributed by atoms with Gasteiger partial charge in [0.15, 0.2) is 0 Å². The number of unbranched alkanes of at least 4 members (excludes halogenated alkanes) is 1. The van der Waals surface area contributed by atoms with Gasteiger partial charge in [-0.25, -0.2) is 0 Å². The lowest BCUT2D eigenvalue weighted by Crippen LogP contribution is -2.16. The average molecular weight is 341 g/mol. The van der Waals surface area contributed by atoms with Crippen molar-refractivity contribution >= 4 is 0 Å². The maximum absolute atomic E-state index is 10.8. The molecule has 2 N–H and O–H groups in total. The Morgan fingerprint density at radius 2 is 1.60 bits per heavy atom. The maximum atomic E-state index is 10.8. The molecular formula is C23H32O2. The molecule has 0 fully saturated rings. The third kappa shape index (κ3) is 4.18. The molecule has 0 bridgehead atoms. The van der Waals surface area contributed by atoms with E-state index in [-0.39, 0.29) is 16.9 Å². The molecule has 0 aliphatic heterocycles. The number of benzene rings is 2. The standard InChI is InChI=1S/C23H32O2/c1-7-8-11-23(5,6)17-13-20(24)22(21(25)14-17)19-12-16(4)9-10-18(19)15(2)3/h9-10,12-15,24-25H,7-8,11H2,1-6H3. The summed E-state index contributed by atoms with van der Waals surface area (Å²) in [7, 11) is 0. The number of aromatic hydroxyl groups is 2. The highest BCUT2D eigenvalue weighted by Crippen LogP contribution is 2.44. The van der Waals surface area contributed by atoms with Crippen LogP contribution >= 0.6 is 0 Å². The Balaban J connectivity index is 2.58. The fourth-order valence-corrected chi connectivity index (χ4v) is 3.43. The van der Waals surface area contributed by atoms with Crippen LogP contribution in [-0.2, 0) is 5.41 Å². The van der Waals surface area contributed by atoms with Crippen LogP contribution in [0.4, 0.5) is 0 Å². The van der Waals surface area contributed by atoms with Gasteiger partial charge >= 0.3 is 0 Å². The number of hydrogen-bond donors (Lipinski definition) is 2. The Morgan fingerprint density at radius 1 is 1.00 bits per heavy atom. The van der Waals surface area contributed by atoms with Crippen molar-refractivity contribution in [2.24, 2.45) is 0 Å². The molecule has 0 heterocycles. The van der Waals surface area contributed by atoms with E-state index in [0.717, 1.165) is 41.5 Å². The van der Waals surface area contributed by atoms with Crippen molar-refractivity contribution in [3.63, 3.8) is 0 Å². The second-order valence-corrected chi connectivity index (χ2v) is 8.12. The number of aryl methyl sites for hydroxylation is 1. The largest absolute Gasteiger partial charge is 0.507 e. The molecule has 25 heavy (non-hydrogen) atoms. The molecule has 0 spiro atoms. The average Bonchev–Trinajstić information content (AvgIpc) is 2.52. The van der Waals surface area contributed by atoms with E-state index in [1.165, 1.54) is 0 Å². The molecule has 0 atom stereocenters. The Labute approximate surface area is 152 Å². The Kier molecular flexibility index (Phi) is 5.82. The van der Waals surface area contributed by atoms with Crippen molar-refractivity contribution in [2.45, 2.75) is 72.1 Å². The Bertz CT molecular complexity index is 719. The molecule has 2 aromatic rings. The fourth-order valence-electron chi connectivity index (χ4n) is 3.43. The molecule has 2 nitrogen and oxygen atoms in total. The van der Waals surface area contributed by atoms with Crippen molar-refractivity contribution in [3.05, 3.63) is 47.0 Å². The minimum absolute atomic E-state index is 0.0724. The lowest BCUT2D eigenvalue weighted by Gasteiger charge is -2.26. The van der Waals surface area contributed by atoms with E-state index in [9.17, 15) is 10.2 Å². The molecule has 0 saturated heterocycles. The minimum Gasteiger partial charge on any atom is -0.507 e. The lowest BCUT2D eigenvalue weighted by molar-refractivity contribution is 0.430. The molecule has 0 aliphatic carbocycles. The van der Waals surface area contributed by atoms with E-state index in [2.05, 4.69) is 46.8 Å². The van der Waals surface area contributed by atoms with Gasteiger partial charge in [0.25, 0.3) is 0 Å². The van der Waals surface area contributed by atoms with Gasteiger partial charge in [0.1, 0.15) is 11.5 Å². The summed E-state index contributed by atoms with van der Waals surface area (Å²) >= 11 is 0. The molecule has 0 radical (unpaired) electrons. The monoisotopic (exact) mass is 340 g/mol. The van der Waals surface area contributed by atoms with E-state index < -0.39 is 0 Å². The fraction of sp³-hybridized carbons (Fsp3) is 0.478. The molecule has 136 valence electrons. The molecule has 0 aromatic heterocycles. The highest BCUT2D eigenvalue weighted by atomic mass is 16.3. The lowest BCUT2D eigenvalue weighted by atomic mass is 9.79. The molecule has 2 rings (SSSR count). The summed E-state index contributed by atoms with van der Waals surface area (Å²) in [6, 6.07) is 9.88. The second-order valence-electron chi connectivity index (χ2n) is 8.12. The first-order valence-corrected chi connectivity index (χ1v) is 9.34. The number of phenols is 2. The second kappa shape index (κ2) is 7.51. The first-order chi connectivity index (χ1) is 11.7. The summed E-state index contributed by atoms with van der Waals surface area (Å²) in [4.78, 5) is 0. The van der Waals surface area contributed by atoms with Crippen LogP contribution in [0.15, 0.2) is 30.3 Å². The Morgan fingerprint density at radius 3 is 2.12 bits per heavy atom. The summed E-state index contributed by atoms with van der Waals surface area (Å²) in [5.74, 6) is 0.634. The smallest absolute Gasteiger partial charge is 0.127 e. The zero-order valence-corrected chi connectivity index (χ0v) is 16.5. The number of hydrogen-bond acceptors (Lipinski definition) is 2. The number of rotatable bonds is 6. The molecule has 0 aliphatic rings. The van der Waals surface area contributed by atoms with Crippen LogP contribution in [0.2, 0.25) is 0 Å². The molecule has 0 unspecified atom stereocenters. The van der Waals surface area contributed by atoms with Crippen molar-refractivity contribution in [3.8, 4) is 22.6 Å². The highest BCUT2D eigenvalue weighted by molar-refractivity contribution is 5.80. The van der Waals surface area contributed by atoms with Crippen molar-refractivity contribution < 1.29 is 10.2 Å². The van der Waals surface area contributed by atoms with Gasteiger partial charge in [-0.1, -0.05) is 71.2 Å². The topological polar surface area (TPSA) is 40.5 Å². The summed E-state index contributed by atoms with van der Waals surface area (Å²) in [5, 5.41) is 21.5. The van der Waals surface area contributed by atoms with Gasteiger partial charge in [-0.2, -0.15) is 0 Å². The van der Waals surface area contributed by atoms with Crippen LogP contribution in [0.25, 0.3) is 11.1 Å². The SMILES string of the molecule is CCCCC(C)(C)c1cc(O)c(-c2cc(C)ccc2C(C)C)c(O)c1. The van der Waals surface area contributed by atoms with Crippen LogP contribution in [-0.4, -0.2) is 10.2 Å². The zero-order valence-electron chi connectivity index (χ0n) is 16.5. The van der Waals surface area contributed by atoms with Gasteiger partial charge in [-0.05, 0) is 53.5 Å². The van der Waals surface area contributed by atoms with Crippen molar-refractivity contribution in [1.29, 1.82) is 0 Å². The molecule has 2 heteroatoms. The van der Waals surface area contributed by atoms with Crippen molar-refractivity contribution in [1.82, 2.24) is 0 Å². The van der Waals surface area contributed by atoms with Crippen LogP contribution in [0.3, 0.4) is 0 Å². The van der Waals surface area contributed by atoms with Crippen LogP contribution in [0, 0.1) is 6.92 Å². The van der Waals surface area contributed by atoms with Gasteiger partial charge in [0, 0.05) is 0 Å². The van der Waals surface area contributed by atoms with Crippen LogP contribution in [0.5, 0.6) is 11.5 Å². The summed E-state index contributed by atoms with van der Waals surface area (Å²) < 4.78 is 0. The third-order valence-corrected chi connectivity index (χ3v) is 5.13. The predicted octanol–water partition coefficient (Wildman–Crippen LogP) is 6.66. The predicted molar refractivity (Wildman–Crippen MR) is 107 cm³/mol. The highest BCUT2D eigenvalue weighted by Gasteiger charge is 2.24. The normalized spacial score (nSPS) is 12.0. The molecular weight excluding hydrogens is 308 g/mol. The van der Waals surface area contributed by atoms with Crippen molar-refractivity contribution in [2.75, 3.05) is 0 Å².